The lowest BCUT2D eigenvalue weighted by Gasteiger charge is -2.19. The average molecular weight is 363 g/mol. The van der Waals surface area contributed by atoms with Crippen molar-refractivity contribution in [3.8, 4) is 11.4 Å². The summed E-state index contributed by atoms with van der Waals surface area (Å²) >= 11 is 0. The van der Waals surface area contributed by atoms with E-state index in [1.807, 2.05) is 61.5 Å². The molecular weight excluding hydrogens is 338 g/mol. The molecule has 1 aromatic heterocycles. The Kier molecular flexibility index (Phi) is 5.04. The maximum absolute atomic E-state index is 12.7. The van der Waals surface area contributed by atoms with E-state index in [1.165, 1.54) is 5.56 Å². The Morgan fingerprint density at radius 1 is 1.04 bits per heavy atom. The number of nitrogens with one attached hydrogen (secondary N) is 1. The monoisotopic (exact) mass is 363 g/mol. The molecule has 0 radical (unpaired) electrons. The first-order chi connectivity index (χ1) is 12.8. The Morgan fingerprint density at radius 3 is 2.22 bits per heavy atom. The van der Waals surface area contributed by atoms with E-state index < -0.39 is 0 Å². The number of nitrogens with zero attached hydrogens (tertiary/aromatic N) is 2. The lowest BCUT2D eigenvalue weighted by atomic mass is 9.87. The molecule has 0 aliphatic rings. The smallest absolute Gasteiger partial charge is 0.256 e. The maximum Gasteiger partial charge on any atom is 0.256 e. The highest BCUT2D eigenvalue weighted by molar-refractivity contribution is 6.04. The third-order valence-electron chi connectivity index (χ3n) is 4.40. The number of hydrogen-bond donors (Lipinski definition) is 1. The third kappa shape index (κ3) is 4.19. The van der Waals surface area contributed by atoms with E-state index in [9.17, 15) is 4.79 Å². The van der Waals surface area contributed by atoms with Crippen LogP contribution in [0.2, 0.25) is 0 Å². The van der Waals surface area contributed by atoms with E-state index in [2.05, 4.69) is 31.2 Å². The van der Waals surface area contributed by atoms with Crippen LogP contribution in [0.5, 0.6) is 5.75 Å². The molecule has 5 heteroatoms. The number of amides is 1. The van der Waals surface area contributed by atoms with Gasteiger partial charge < -0.3 is 10.1 Å². The Labute approximate surface area is 160 Å². The number of carbonyl (C=O) groups excluding carboxylic acids is 1. The van der Waals surface area contributed by atoms with E-state index in [0.29, 0.717) is 11.4 Å². The molecule has 0 atom stereocenters. The molecule has 0 fully saturated rings. The summed E-state index contributed by atoms with van der Waals surface area (Å²) in [6.45, 7) is 8.35. The van der Waals surface area contributed by atoms with Crippen LogP contribution in [-0.2, 0) is 5.41 Å². The van der Waals surface area contributed by atoms with Crippen LogP contribution < -0.4 is 10.1 Å². The summed E-state index contributed by atoms with van der Waals surface area (Å²) in [4.78, 5) is 12.7. The van der Waals surface area contributed by atoms with Crippen molar-refractivity contribution in [2.45, 2.75) is 33.1 Å². The van der Waals surface area contributed by atoms with Gasteiger partial charge in [0, 0.05) is 11.6 Å². The van der Waals surface area contributed by atoms with Gasteiger partial charge in [-0.15, -0.1) is 0 Å². The highest BCUT2D eigenvalue weighted by Crippen LogP contribution is 2.23. The van der Waals surface area contributed by atoms with Crippen LogP contribution in [0.1, 0.15) is 42.4 Å². The van der Waals surface area contributed by atoms with Gasteiger partial charge in [0.25, 0.3) is 5.91 Å². The van der Waals surface area contributed by atoms with Crippen LogP contribution >= 0.6 is 0 Å². The summed E-state index contributed by atoms with van der Waals surface area (Å²) in [5.74, 6) is 1.24. The van der Waals surface area contributed by atoms with Crippen molar-refractivity contribution in [2.24, 2.45) is 0 Å². The molecule has 0 aliphatic heterocycles. The van der Waals surface area contributed by atoms with Crippen molar-refractivity contribution in [3.05, 3.63) is 71.4 Å². The van der Waals surface area contributed by atoms with Crippen molar-refractivity contribution in [2.75, 3.05) is 12.4 Å². The fourth-order valence-electron chi connectivity index (χ4n) is 2.82. The van der Waals surface area contributed by atoms with E-state index in [0.717, 1.165) is 17.1 Å². The van der Waals surface area contributed by atoms with Gasteiger partial charge in [0.1, 0.15) is 11.6 Å². The van der Waals surface area contributed by atoms with Crippen LogP contribution in [-0.4, -0.2) is 22.8 Å². The van der Waals surface area contributed by atoms with Crippen LogP contribution in [0.3, 0.4) is 0 Å². The number of anilines is 1. The molecule has 0 spiro atoms. The molecule has 0 saturated heterocycles. The van der Waals surface area contributed by atoms with Crippen molar-refractivity contribution in [1.82, 2.24) is 9.78 Å². The summed E-state index contributed by atoms with van der Waals surface area (Å²) < 4.78 is 6.92. The molecule has 1 heterocycles. The molecule has 0 saturated carbocycles. The number of benzene rings is 2. The molecule has 1 N–H and O–H groups in total. The largest absolute Gasteiger partial charge is 0.497 e. The average Bonchev–Trinajstić information content (AvgIpc) is 3.01. The van der Waals surface area contributed by atoms with Crippen LogP contribution in [0, 0.1) is 6.92 Å². The van der Waals surface area contributed by atoms with Crippen molar-refractivity contribution in [1.29, 1.82) is 0 Å². The Bertz CT molecular complexity index is 933. The molecule has 5 nitrogen and oxygen atoms in total. The summed E-state index contributed by atoms with van der Waals surface area (Å²) in [6.07, 6.45) is 0. The molecule has 27 heavy (non-hydrogen) atoms. The van der Waals surface area contributed by atoms with E-state index in [-0.39, 0.29) is 11.3 Å². The molecule has 3 rings (SSSR count). The zero-order chi connectivity index (χ0) is 19.6. The number of aromatic nitrogens is 2. The van der Waals surface area contributed by atoms with Gasteiger partial charge in [-0.1, -0.05) is 32.9 Å². The van der Waals surface area contributed by atoms with Gasteiger partial charge in [0.15, 0.2) is 0 Å². The first kappa shape index (κ1) is 18.7. The molecule has 0 aliphatic carbocycles. The molecule has 0 bridgehead atoms. The number of ether oxygens (including phenoxy) is 1. The summed E-state index contributed by atoms with van der Waals surface area (Å²) in [7, 11) is 1.63. The SMILES string of the molecule is COc1ccc(-n2nc(C)cc2NC(=O)c2ccc(C(C)(C)C)cc2)cc1. The molecule has 2 aromatic carbocycles. The quantitative estimate of drug-likeness (QED) is 0.728. The first-order valence-corrected chi connectivity index (χ1v) is 8.91. The second-order valence-corrected chi connectivity index (χ2v) is 7.56. The van der Waals surface area contributed by atoms with Gasteiger partial charge >= 0.3 is 0 Å². The minimum Gasteiger partial charge on any atom is -0.497 e. The minimum atomic E-state index is -0.162. The molecule has 140 valence electrons. The van der Waals surface area contributed by atoms with Gasteiger partial charge in [-0.05, 0) is 54.3 Å². The Morgan fingerprint density at radius 2 is 1.67 bits per heavy atom. The number of methoxy groups -OCH3 is 1. The number of hydrogen-bond acceptors (Lipinski definition) is 3. The lowest BCUT2D eigenvalue weighted by Crippen LogP contribution is -2.16. The predicted octanol–water partition coefficient (Wildman–Crippen LogP) is 4.74. The zero-order valence-electron chi connectivity index (χ0n) is 16.4. The summed E-state index contributed by atoms with van der Waals surface area (Å²) in [5.41, 5.74) is 3.53. The highest BCUT2D eigenvalue weighted by Gasteiger charge is 2.16. The summed E-state index contributed by atoms with van der Waals surface area (Å²) in [5, 5.41) is 7.45. The van der Waals surface area contributed by atoms with Crippen molar-refractivity contribution >= 4 is 11.7 Å². The molecular formula is C22H25N3O2. The second kappa shape index (κ2) is 7.27. The van der Waals surface area contributed by atoms with Gasteiger partial charge in [-0.25, -0.2) is 4.68 Å². The Hall–Kier alpha value is -3.08. The fraction of sp³-hybridized carbons (Fsp3) is 0.273. The normalized spacial score (nSPS) is 11.3. The van der Waals surface area contributed by atoms with Crippen LogP contribution in [0.25, 0.3) is 5.69 Å². The number of carbonyl (C=O) groups is 1. The topological polar surface area (TPSA) is 56.1 Å². The standard InChI is InChI=1S/C22H25N3O2/c1-15-14-20(25(24-15)18-10-12-19(27-5)13-11-18)23-21(26)16-6-8-17(9-7-16)22(2,3)4/h6-14H,1-5H3,(H,23,26). The first-order valence-electron chi connectivity index (χ1n) is 8.91. The van der Waals surface area contributed by atoms with E-state index >= 15 is 0 Å². The van der Waals surface area contributed by atoms with Gasteiger partial charge in [-0.3, -0.25) is 4.79 Å². The molecule has 1 amide bonds. The van der Waals surface area contributed by atoms with Gasteiger partial charge in [-0.2, -0.15) is 5.10 Å². The van der Waals surface area contributed by atoms with Gasteiger partial charge in [0.2, 0.25) is 0 Å². The van der Waals surface area contributed by atoms with Crippen LogP contribution in [0.15, 0.2) is 54.6 Å². The lowest BCUT2D eigenvalue weighted by molar-refractivity contribution is 0.102. The predicted molar refractivity (Wildman–Crippen MR) is 108 cm³/mol. The van der Waals surface area contributed by atoms with Crippen molar-refractivity contribution < 1.29 is 9.53 Å². The van der Waals surface area contributed by atoms with Crippen LogP contribution in [0.4, 0.5) is 5.82 Å². The fourth-order valence-corrected chi connectivity index (χ4v) is 2.82. The maximum atomic E-state index is 12.7. The second-order valence-electron chi connectivity index (χ2n) is 7.56. The minimum absolute atomic E-state index is 0.0547. The molecule has 3 aromatic rings. The van der Waals surface area contributed by atoms with E-state index in [4.69, 9.17) is 4.74 Å². The zero-order valence-corrected chi connectivity index (χ0v) is 16.4. The summed E-state index contributed by atoms with van der Waals surface area (Å²) in [6, 6.07) is 17.1. The Balaban J connectivity index is 1.84. The third-order valence-corrected chi connectivity index (χ3v) is 4.40. The highest BCUT2D eigenvalue weighted by atomic mass is 16.5. The molecule has 0 unspecified atom stereocenters. The number of aryl methyl sites for hydroxylation is 1. The van der Waals surface area contributed by atoms with Crippen molar-refractivity contribution in [3.63, 3.8) is 0 Å². The number of rotatable bonds is 4. The van der Waals surface area contributed by atoms with E-state index in [1.54, 1.807) is 11.8 Å². The van der Waals surface area contributed by atoms with Gasteiger partial charge in [0.05, 0.1) is 18.5 Å².